The SMILES string of the molecule is O=c1cc(NCCCNCc2cc(Cl)cc(Cl)c2Cl)oc2ccccc12. The van der Waals surface area contributed by atoms with E-state index in [-0.39, 0.29) is 5.43 Å². The second-order valence-corrected chi connectivity index (χ2v) is 7.01. The van der Waals surface area contributed by atoms with E-state index in [1.807, 2.05) is 12.1 Å². The Hall–Kier alpha value is -1.72. The molecule has 0 fully saturated rings. The number of hydrogen-bond donors (Lipinski definition) is 2. The smallest absolute Gasteiger partial charge is 0.197 e. The molecule has 0 unspecified atom stereocenters. The molecule has 26 heavy (non-hydrogen) atoms. The van der Waals surface area contributed by atoms with Crippen molar-refractivity contribution in [1.29, 1.82) is 0 Å². The quantitative estimate of drug-likeness (QED) is 0.407. The predicted octanol–water partition coefficient (Wildman–Crippen LogP) is 5.35. The summed E-state index contributed by atoms with van der Waals surface area (Å²) in [4.78, 5) is 12.0. The van der Waals surface area contributed by atoms with Crippen molar-refractivity contribution in [3.8, 4) is 0 Å². The van der Waals surface area contributed by atoms with E-state index in [2.05, 4.69) is 10.6 Å². The summed E-state index contributed by atoms with van der Waals surface area (Å²) in [6.07, 6.45) is 0.836. The van der Waals surface area contributed by atoms with Gasteiger partial charge < -0.3 is 15.1 Å². The van der Waals surface area contributed by atoms with Crippen LogP contribution in [0.2, 0.25) is 15.1 Å². The molecule has 136 valence electrons. The molecule has 0 amide bonds. The summed E-state index contributed by atoms with van der Waals surface area (Å²) < 4.78 is 5.68. The number of hydrogen-bond acceptors (Lipinski definition) is 4. The topological polar surface area (TPSA) is 54.3 Å². The van der Waals surface area contributed by atoms with Crippen LogP contribution in [0.5, 0.6) is 0 Å². The van der Waals surface area contributed by atoms with Gasteiger partial charge in [-0.3, -0.25) is 4.79 Å². The fraction of sp³-hybridized carbons (Fsp3) is 0.211. The third kappa shape index (κ3) is 4.71. The normalized spacial score (nSPS) is 11.0. The van der Waals surface area contributed by atoms with Gasteiger partial charge in [-0.05, 0) is 42.8 Å². The van der Waals surface area contributed by atoms with Crippen LogP contribution in [0, 0.1) is 0 Å². The minimum atomic E-state index is -0.0556. The lowest BCUT2D eigenvalue weighted by atomic mass is 10.2. The number of fused-ring (bicyclic) bond motifs is 1. The van der Waals surface area contributed by atoms with E-state index in [0.29, 0.717) is 45.0 Å². The maximum atomic E-state index is 12.0. The third-order valence-corrected chi connectivity index (χ3v) is 4.91. The Balaban J connectivity index is 1.47. The Morgan fingerprint density at radius 2 is 1.81 bits per heavy atom. The molecule has 0 atom stereocenters. The van der Waals surface area contributed by atoms with Gasteiger partial charge in [0.2, 0.25) is 0 Å². The average molecular weight is 412 g/mol. The maximum Gasteiger partial charge on any atom is 0.197 e. The van der Waals surface area contributed by atoms with Gasteiger partial charge in [0.05, 0.1) is 15.4 Å². The molecule has 1 heterocycles. The number of rotatable bonds is 7. The lowest BCUT2D eigenvalue weighted by molar-refractivity contribution is 0.605. The Morgan fingerprint density at radius 1 is 1.00 bits per heavy atom. The highest BCUT2D eigenvalue weighted by Gasteiger charge is 2.07. The summed E-state index contributed by atoms with van der Waals surface area (Å²) in [6, 6.07) is 12.1. The van der Waals surface area contributed by atoms with E-state index in [0.717, 1.165) is 18.5 Å². The molecule has 0 aliphatic heterocycles. The maximum absolute atomic E-state index is 12.0. The van der Waals surface area contributed by atoms with Crippen LogP contribution in [-0.2, 0) is 6.54 Å². The molecule has 3 rings (SSSR count). The minimum absolute atomic E-state index is 0.0556. The van der Waals surface area contributed by atoms with E-state index < -0.39 is 0 Å². The van der Waals surface area contributed by atoms with Gasteiger partial charge >= 0.3 is 0 Å². The average Bonchev–Trinajstić information content (AvgIpc) is 2.62. The molecule has 0 spiro atoms. The van der Waals surface area contributed by atoms with Crippen LogP contribution in [0.4, 0.5) is 5.88 Å². The minimum Gasteiger partial charge on any atom is -0.440 e. The molecular formula is C19H17Cl3N2O2. The van der Waals surface area contributed by atoms with Crippen molar-refractivity contribution < 1.29 is 4.42 Å². The molecule has 7 heteroatoms. The van der Waals surface area contributed by atoms with Gasteiger partial charge in [-0.1, -0.05) is 46.9 Å². The highest BCUT2D eigenvalue weighted by Crippen LogP contribution is 2.29. The molecule has 0 saturated carbocycles. The molecule has 2 aromatic carbocycles. The van der Waals surface area contributed by atoms with E-state index in [1.165, 1.54) is 6.07 Å². The lowest BCUT2D eigenvalue weighted by Crippen LogP contribution is -2.18. The third-order valence-electron chi connectivity index (χ3n) is 3.85. The zero-order valence-corrected chi connectivity index (χ0v) is 16.1. The molecule has 3 aromatic rings. The Kier molecular flexibility index (Phi) is 6.43. The fourth-order valence-corrected chi connectivity index (χ4v) is 3.29. The first-order chi connectivity index (χ1) is 12.5. The van der Waals surface area contributed by atoms with E-state index in [1.54, 1.807) is 24.3 Å². The molecular weight excluding hydrogens is 395 g/mol. The predicted molar refractivity (Wildman–Crippen MR) is 109 cm³/mol. The zero-order valence-electron chi connectivity index (χ0n) is 13.8. The van der Waals surface area contributed by atoms with Crippen LogP contribution in [0.1, 0.15) is 12.0 Å². The highest BCUT2D eigenvalue weighted by atomic mass is 35.5. The van der Waals surface area contributed by atoms with Crippen LogP contribution in [-0.4, -0.2) is 13.1 Å². The Labute approximate surface area is 166 Å². The summed E-state index contributed by atoms with van der Waals surface area (Å²) in [5.41, 5.74) is 1.38. The van der Waals surface area contributed by atoms with Gasteiger partial charge in [0.1, 0.15) is 5.58 Å². The molecule has 0 radical (unpaired) electrons. The van der Waals surface area contributed by atoms with Crippen molar-refractivity contribution in [3.63, 3.8) is 0 Å². The van der Waals surface area contributed by atoms with Crippen molar-refractivity contribution in [1.82, 2.24) is 5.32 Å². The van der Waals surface area contributed by atoms with Gasteiger partial charge in [0.25, 0.3) is 0 Å². The van der Waals surface area contributed by atoms with Crippen LogP contribution in [0.3, 0.4) is 0 Å². The van der Waals surface area contributed by atoms with Crippen LogP contribution >= 0.6 is 34.8 Å². The summed E-state index contributed by atoms with van der Waals surface area (Å²) in [6.45, 7) is 1.99. The van der Waals surface area contributed by atoms with E-state index >= 15 is 0 Å². The van der Waals surface area contributed by atoms with Crippen molar-refractivity contribution in [3.05, 3.63) is 73.3 Å². The lowest BCUT2D eigenvalue weighted by Gasteiger charge is -2.09. The van der Waals surface area contributed by atoms with E-state index in [4.69, 9.17) is 39.2 Å². The molecule has 0 aliphatic carbocycles. The van der Waals surface area contributed by atoms with Crippen LogP contribution in [0.15, 0.2) is 51.7 Å². The molecule has 0 aliphatic rings. The summed E-state index contributed by atoms with van der Waals surface area (Å²) in [5, 5.41) is 8.52. The van der Waals surface area contributed by atoms with Gasteiger partial charge in [-0.15, -0.1) is 0 Å². The number of nitrogens with one attached hydrogen (secondary N) is 2. The van der Waals surface area contributed by atoms with Gasteiger partial charge in [-0.2, -0.15) is 0 Å². The Bertz CT molecular complexity index is 973. The monoisotopic (exact) mass is 410 g/mol. The second kappa shape index (κ2) is 8.78. The molecule has 0 bridgehead atoms. The van der Waals surface area contributed by atoms with Crippen molar-refractivity contribution in [2.45, 2.75) is 13.0 Å². The standard InChI is InChI=1S/C19H17Cl3N2O2/c20-13-8-12(19(22)15(21)9-13)11-23-6-3-7-24-18-10-16(25)14-4-1-2-5-17(14)26-18/h1-2,4-5,8-10,23-24H,3,6-7,11H2. The van der Waals surface area contributed by atoms with Crippen LogP contribution in [0.25, 0.3) is 11.0 Å². The van der Waals surface area contributed by atoms with Gasteiger partial charge in [0, 0.05) is 24.2 Å². The molecule has 4 nitrogen and oxygen atoms in total. The number of halogens is 3. The largest absolute Gasteiger partial charge is 0.440 e. The van der Waals surface area contributed by atoms with Gasteiger partial charge in [-0.25, -0.2) is 0 Å². The Morgan fingerprint density at radius 3 is 2.65 bits per heavy atom. The summed E-state index contributed by atoms with van der Waals surface area (Å²) in [7, 11) is 0. The van der Waals surface area contributed by atoms with Crippen LogP contribution < -0.4 is 16.1 Å². The van der Waals surface area contributed by atoms with Crippen molar-refractivity contribution in [2.75, 3.05) is 18.4 Å². The second-order valence-electron chi connectivity index (χ2n) is 5.79. The number of para-hydroxylation sites is 1. The fourth-order valence-electron chi connectivity index (χ4n) is 2.58. The summed E-state index contributed by atoms with van der Waals surface area (Å²) in [5.74, 6) is 0.471. The van der Waals surface area contributed by atoms with Gasteiger partial charge in [0.15, 0.2) is 11.3 Å². The first-order valence-electron chi connectivity index (χ1n) is 8.15. The zero-order chi connectivity index (χ0) is 18.5. The van der Waals surface area contributed by atoms with Crippen molar-refractivity contribution in [2.24, 2.45) is 0 Å². The summed E-state index contributed by atoms with van der Waals surface area (Å²) >= 11 is 18.2. The molecule has 1 aromatic heterocycles. The van der Waals surface area contributed by atoms with Crippen molar-refractivity contribution >= 4 is 51.7 Å². The number of anilines is 1. The first-order valence-corrected chi connectivity index (χ1v) is 9.29. The number of benzene rings is 2. The first kappa shape index (κ1) is 19.1. The molecule has 2 N–H and O–H groups in total. The van der Waals surface area contributed by atoms with E-state index in [9.17, 15) is 4.79 Å². The molecule has 0 saturated heterocycles. The highest BCUT2D eigenvalue weighted by molar-refractivity contribution is 6.43.